The Balaban J connectivity index is 2.44. The number of H-pyrrole nitrogens is 1. The van der Waals surface area contributed by atoms with E-state index >= 15 is 0 Å². The fourth-order valence-corrected chi connectivity index (χ4v) is 2.47. The van der Waals surface area contributed by atoms with E-state index in [2.05, 4.69) is 9.97 Å². The van der Waals surface area contributed by atoms with Gasteiger partial charge in [0, 0.05) is 5.69 Å². The summed E-state index contributed by atoms with van der Waals surface area (Å²) in [7, 11) is 0. The lowest BCUT2D eigenvalue weighted by atomic mass is 10.1. The number of pyridine rings is 1. The molecule has 1 amide bonds. The number of carbonyl (C=O) groups excluding carboxylic acids is 1. The fourth-order valence-electron chi connectivity index (χ4n) is 2.47. The number of hydrogen-bond donors (Lipinski definition) is 2. The van der Waals surface area contributed by atoms with E-state index in [-0.39, 0.29) is 5.69 Å². The molecule has 0 aliphatic carbocycles. The van der Waals surface area contributed by atoms with E-state index in [9.17, 15) is 9.59 Å². The number of para-hydroxylation sites is 2. The van der Waals surface area contributed by atoms with Crippen LogP contribution in [-0.2, 0) is 0 Å². The third kappa shape index (κ3) is 1.92. The molecule has 2 aromatic heterocycles. The SMILES string of the molecule is Cc1ncc(-n2c(=O)[nH]c3ccccc32)c(C(N)=O)c1C. The van der Waals surface area contributed by atoms with Crippen LogP contribution < -0.4 is 11.4 Å². The number of hydrogen-bond acceptors (Lipinski definition) is 3. The van der Waals surface area contributed by atoms with E-state index in [1.54, 1.807) is 26.0 Å². The zero-order valence-corrected chi connectivity index (χ0v) is 11.7. The zero-order chi connectivity index (χ0) is 15.1. The third-order valence-corrected chi connectivity index (χ3v) is 3.63. The lowest BCUT2D eigenvalue weighted by Crippen LogP contribution is -2.22. The zero-order valence-electron chi connectivity index (χ0n) is 11.7. The quantitative estimate of drug-likeness (QED) is 0.744. The molecule has 0 radical (unpaired) electrons. The Morgan fingerprint density at radius 2 is 2.00 bits per heavy atom. The molecule has 0 aliphatic heterocycles. The molecule has 0 atom stereocenters. The van der Waals surface area contributed by atoms with Gasteiger partial charge in [0.2, 0.25) is 0 Å². The van der Waals surface area contributed by atoms with Crippen LogP contribution >= 0.6 is 0 Å². The van der Waals surface area contributed by atoms with Crippen molar-refractivity contribution in [1.29, 1.82) is 0 Å². The summed E-state index contributed by atoms with van der Waals surface area (Å²) in [5, 5.41) is 0. The van der Waals surface area contributed by atoms with Gasteiger partial charge in [0.1, 0.15) is 0 Å². The fraction of sp³-hybridized carbons (Fsp3) is 0.133. The topological polar surface area (TPSA) is 93.8 Å². The lowest BCUT2D eigenvalue weighted by molar-refractivity contribution is 0.0999. The predicted molar refractivity (Wildman–Crippen MR) is 79.7 cm³/mol. The summed E-state index contributed by atoms with van der Waals surface area (Å²) in [4.78, 5) is 31.0. The van der Waals surface area contributed by atoms with E-state index in [1.165, 1.54) is 10.8 Å². The number of carbonyl (C=O) groups is 1. The van der Waals surface area contributed by atoms with Gasteiger partial charge < -0.3 is 10.7 Å². The first kappa shape index (κ1) is 13.1. The summed E-state index contributed by atoms with van der Waals surface area (Å²) in [5.74, 6) is -0.579. The van der Waals surface area contributed by atoms with Crippen molar-refractivity contribution in [3.63, 3.8) is 0 Å². The molecule has 6 heteroatoms. The molecule has 3 N–H and O–H groups in total. The van der Waals surface area contributed by atoms with E-state index in [0.717, 1.165) is 0 Å². The molecule has 0 saturated heterocycles. The van der Waals surface area contributed by atoms with Crippen molar-refractivity contribution < 1.29 is 4.79 Å². The number of imidazole rings is 1. The average Bonchev–Trinajstić information content (AvgIpc) is 2.77. The smallest absolute Gasteiger partial charge is 0.331 e. The van der Waals surface area contributed by atoms with E-state index < -0.39 is 5.91 Å². The highest BCUT2D eigenvalue weighted by molar-refractivity contribution is 5.98. The highest BCUT2D eigenvalue weighted by Gasteiger charge is 2.19. The summed E-state index contributed by atoms with van der Waals surface area (Å²) in [5.41, 5.74) is 8.63. The molecule has 0 saturated carbocycles. The van der Waals surface area contributed by atoms with Crippen LogP contribution in [0.15, 0.2) is 35.3 Å². The number of nitrogens with zero attached hydrogens (tertiary/aromatic N) is 2. The first-order valence-corrected chi connectivity index (χ1v) is 6.47. The summed E-state index contributed by atoms with van der Waals surface area (Å²) < 4.78 is 1.43. The third-order valence-electron chi connectivity index (χ3n) is 3.63. The first-order valence-electron chi connectivity index (χ1n) is 6.47. The van der Waals surface area contributed by atoms with Gasteiger partial charge in [0.05, 0.1) is 28.5 Å². The van der Waals surface area contributed by atoms with Crippen molar-refractivity contribution in [2.45, 2.75) is 13.8 Å². The molecule has 0 aliphatic rings. The van der Waals surface area contributed by atoms with Gasteiger partial charge in [-0.2, -0.15) is 0 Å². The maximum absolute atomic E-state index is 12.2. The molecule has 0 bridgehead atoms. The number of amides is 1. The minimum Gasteiger partial charge on any atom is -0.366 e. The Kier molecular flexibility index (Phi) is 2.86. The number of fused-ring (bicyclic) bond motifs is 1. The molecule has 6 nitrogen and oxygen atoms in total. The van der Waals surface area contributed by atoms with Crippen LogP contribution in [0.2, 0.25) is 0 Å². The number of aromatic nitrogens is 3. The van der Waals surface area contributed by atoms with Crippen molar-refractivity contribution in [3.8, 4) is 5.69 Å². The summed E-state index contributed by atoms with van der Waals surface area (Å²) in [6, 6.07) is 7.25. The number of nitrogens with two attached hydrogens (primary N) is 1. The van der Waals surface area contributed by atoms with Crippen molar-refractivity contribution in [1.82, 2.24) is 14.5 Å². The molecule has 106 valence electrons. The maximum atomic E-state index is 12.2. The van der Waals surface area contributed by atoms with Crippen LogP contribution in [0.25, 0.3) is 16.7 Å². The molecule has 3 rings (SSSR count). The van der Waals surface area contributed by atoms with Crippen molar-refractivity contribution in [3.05, 3.63) is 57.8 Å². The van der Waals surface area contributed by atoms with Crippen molar-refractivity contribution >= 4 is 16.9 Å². The summed E-state index contributed by atoms with van der Waals surface area (Å²) >= 11 is 0. The van der Waals surface area contributed by atoms with E-state index in [0.29, 0.717) is 33.5 Å². The molecule has 21 heavy (non-hydrogen) atoms. The second kappa shape index (κ2) is 4.59. The van der Waals surface area contributed by atoms with Crippen LogP contribution in [0.3, 0.4) is 0 Å². The molecule has 0 spiro atoms. The van der Waals surface area contributed by atoms with E-state index in [1.807, 2.05) is 12.1 Å². The monoisotopic (exact) mass is 282 g/mol. The standard InChI is InChI=1S/C15H14N4O2/c1-8-9(2)17-7-12(13(8)14(16)20)19-11-6-4-3-5-10(11)18-15(19)21/h3-7H,1-2H3,(H2,16,20)(H,18,21). The minimum absolute atomic E-state index is 0.314. The summed E-state index contributed by atoms with van der Waals surface area (Å²) in [6.45, 7) is 3.56. The van der Waals surface area contributed by atoms with Gasteiger partial charge in [0.25, 0.3) is 5.91 Å². The molecule has 3 aromatic rings. The Morgan fingerprint density at radius 1 is 1.29 bits per heavy atom. The van der Waals surface area contributed by atoms with Crippen LogP contribution in [0.1, 0.15) is 21.6 Å². The van der Waals surface area contributed by atoms with Gasteiger partial charge in [-0.15, -0.1) is 0 Å². The number of aryl methyl sites for hydroxylation is 1. The second-order valence-corrected chi connectivity index (χ2v) is 4.88. The van der Waals surface area contributed by atoms with Crippen molar-refractivity contribution in [2.24, 2.45) is 5.73 Å². The van der Waals surface area contributed by atoms with Gasteiger partial charge in [-0.3, -0.25) is 14.3 Å². The lowest BCUT2D eigenvalue weighted by Gasteiger charge is -2.12. The average molecular weight is 282 g/mol. The summed E-state index contributed by atoms with van der Waals surface area (Å²) in [6.07, 6.45) is 1.50. The highest BCUT2D eigenvalue weighted by atomic mass is 16.1. The number of nitrogens with one attached hydrogen (secondary N) is 1. The van der Waals surface area contributed by atoms with Gasteiger partial charge in [-0.25, -0.2) is 4.79 Å². The molecule has 1 aromatic carbocycles. The number of aromatic amines is 1. The van der Waals surface area contributed by atoms with Gasteiger partial charge in [-0.05, 0) is 31.5 Å². The molecule has 2 heterocycles. The second-order valence-electron chi connectivity index (χ2n) is 4.88. The van der Waals surface area contributed by atoms with Crippen LogP contribution in [0, 0.1) is 13.8 Å². The Bertz CT molecular complexity index is 921. The Hall–Kier alpha value is -2.89. The Morgan fingerprint density at radius 3 is 2.71 bits per heavy atom. The number of rotatable bonds is 2. The van der Waals surface area contributed by atoms with Crippen LogP contribution in [0.4, 0.5) is 0 Å². The number of primary amides is 1. The Labute approximate surface area is 120 Å². The molecular weight excluding hydrogens is 268 g/mol. The molecule has 0 unspecified atom stereocenters. The van der Waals surface area contributed by atoms with Crippen LogP contribution in [0.5, 0.6) is 0 Å². The largest absolute Gasteiger partial charge is 0.366 e. The van der Waals surface area contributed by atoms with Gasteiger partial charge >= 0.3 is 5.69 Å². The van der Waals surface area contributed by atoms with Crippen LogP contribution in [-0.4, -0.2) is 20.4 Å². The highest BCUT2D eigenvalue weighted by Crippen LogP contribution is 2.21. The van der Waals surface area contributed by atoms with Gasteiger partial charge in [-0.1, -0.05) is 12.1 Å². The predicted octanol–water partition coefficient (Wildman–Crippen LogP) is 1.43. The molecule has 0 fully saturated rings. The van der Waals surface area contributed by atoms with E-state index in [4.69, 9.17) is 5.73 Å². The molecular formula is C15H14N4O2. The number of benzene rings is 1. The van der Waals surface area contributed by atoms with Gasteiger partial charge in [0.15, 0.2) is 0 Å². The minimum atomic E-state index is -0.579. The first-order chi connectivity index (χ1) is 10.0. The maximum Gasteiger partial charge on any atom is 0.331 e. The normalized spacial score (nSPS) is 11.0. The van der Waals surface area contributed by atoms with Crippen molar-refractivity contribution in [2.75, 3.05) is 0 Å².